The van der Waals surface area contributed by atoms with Gasteiger partial charge in [0, 0.05) is 37.2 Å². The van der Waals surface area contributed by atoms with Crippen molar-refractivity contribution >= 4 is 53.2 Å². The van der Waals surface area contributed by atoms with Crippen molar-refractivity contribution in [2.75, 3.05) is 0 Å². The van der Waals surface area contributed by atoms with E-state index in [4.69, 9.17) is 0 Å². The zero-order chi connectivity index (χ0) is 24.4. The van der Waals surface area contributed by atoms with Crippen LogP contribution in [0.25, 0.3) is 0 Å². The Labute approximate surface area is 199 Å². The van der Waals surface area contributed by atoms with Crippen LogP contribution in [-0.4, -0.2) is 53.2 Å². The van der Waals surface area contributed by atoms with Crippen LogP contribution in [0.5, 0.6) is 0 Å². The molecular formula is C15H12Fe2O15. The number of carbonyl (C=O) groups is 9. The molecule has 17 heteroatoms. The number of hydrogen-bond acceptors (Lipinski definition) is 15. The minimum absolute atomic E-state index is 0. The van der Waals surface area contributed by atoms with Crippen molar-refractivity contribution in [2.45, 2.75) is 38.5 Å². The summed E-state index contributed by atoms with van der Waals surface area (Å²) < 4.78 is 0. The number of carboxylic acids is 6. The van der Waals surface area contributed by atoms with E-state index in [1.165, 1.54) is 0 Å². The van der Waals surface area contributed by atoms with Crippen LogP contribution < -0.4 is 30.6 Å². The number of ketones is 3. The van der Waals surface area contributed by atoms with E-state index < -0.39 is 91.7 Å². The third-order valence-corrected chi connectivity index (χ3v) is 2.35. The molecule has 0 atom stereocenters. The number of carboxylic acid groups (broad SMARTS) is 6. The Morgan fingerprint density at radius 2 is 0.500 bits per heavy atom. The largest absolute Gasteiger partial charge is 3.00 e. The summed E-state index contributed by atoms with van der Waals surface area (Å²) >= 11 is 0. The smallest absolute Gasteiger partial charge is 0.550 e. The molecule has 0 saturated carbocycles. The average molecular weight is 544 g/mol. The number of hydrogen-bond donors (Lipinski definition) is 0. The molecule has 0 spiro atoms. The monoisotopic (exact) mass is 544 g/mol. The van der Waals surface area contributed by atoms with E-state index in [0.29, 0.717) is 0 Å². The van der Waals surface area contributed by atoms with Gasteiger partial charge in [-0.05, 0) is 19.3 Å². The van der Waals surface area contributed by atoms with E-state index in [2.05, 4.69) is 0 Å². The van der Waals surface area contributed by atoms with Gasteiger partial charge in [0.1, 0.15) is 17.9 Å². The fourth-order valence-electron chi connectivity index (χ4n) is 0.953. The molecule has 0 aliphatic rings. The molecule has 0 aromatic rings. The third kappa shape index (κ3) is 31.6. The summed E-state index contributed by atoms with van der Waals surface area (Å²) in [5.74, 6) is -13.6. The van der Waals surface area contributed by atoms with Gasteiger partial charge in [0.2, 0.25) is 0 Å². The fraction of sp³-hybridized carbons (Fsp3) is 0.400. The van der Waals surface area contributed by atoms with Crippen molar-refractivity contribution in [1.29, 1.82) is 0 Å². The van der Waals surface area contributed by atoms with Gasteiger partial charge in [0.05, 0.1) is 0 Å². The molecule has 0 heterocycles. The predicted octanol–water partition coefficient (Wildman–Crippen LogP) is -9.50. The van der Waals surface area contributed by atoms with Crippen LogP contribution >= 0.6 is 0 Å². The molecule has 0 aliphatic heterocycles. The molecule has 0 aliphatic carbocycles. The number of carbonyl (C=O) groups excluding carboxylic acids is 9. The first-order chi connectivity index (χ1) is 13.6. The molecule has 178 valence electrons. The molecule has 32 heavy (non-hydrogen) atoms. The van der Waals surface area contributed by atoms with Gasteiger partial charge in [-0.25, -0.2) is 0 Å². The first-order valence-corrected chi connectivity index (χ1v) is 7.43. The second-order valence-electron chi connectivity index (χ2n) is 4.75. The van der Waals surface area contributed by atoms with Crippen LogP contribution in [0, 0.1) is 0 Å². The Morgan fingerprint density at radius 3 is 0.594 bits per heavy atom. The van der Waals surface area contributed by atoms with E-state index in [9.17, 15) is 73.8 Å². The van der Waals surface area contributed by atoms with Gasteiger partial charge >= 0.3 is 34.1 Å². The maximum atomic E-state index is 10.1. The summed E-state index contributed by atoms with van der Waals surface area (Å²) in [4.78, 5) is 88.1. The summed E-state index contributed by atoms with van der Waals surface area (Å²) in [5, 5.41) is 57.9. The molecule has 0 aromatic carbocycles. The first-order valence-electron chi connectivity index (χ1n) is 7.43. The molecule has 2 radical (unpaired) electrons. The zero-order valence-electron chi connectivity index (χ0n) is 15.6. The van der Waals surface area contributed by atoms with Gasteiger partial charge in [-0.15, -0.1) is 0 Å². The summed E-state index contributed by atoms with van der Waals surface area (Å²) in [6.07, 6.45) is -3.42. The molecule has 0 unspecified atom stereocenters. The third-order valence-electron chi connectivity index (χ3n) is 2.35. The maximum Gasteiger partial charge on any atom is 3.00 e. The van der Waals surface area contributed by atoms with Crippen LogP contribution in [-0.2, 0) is 77.3 Å². The van der Waals surface area contributed by atoms with Crippen LogP contribution in [0.15, 0.2) is 0 Å². The molecule has 0 bridgehead atoms. The SMILES string of the molecule is O=C([O-])CCC(=O)C(=O)[O-].O=C([O-])CCC(=O)C(=O)[O-].O=C([O-])CCC(=O)C(=O)[O-].[Fe+3].[Fe+3]. The Kier molecular flexibility index (Phi) is 27.7. The molecule has 0 amide bonds. The van der Waals surface area contributed by atoms with Crippen molar-refractivity contribution in [2.24, 2.45) is 0 Å². The molecular weight excluding hydrogens is 532 g/mol. The van der Waals surface area contributed by atoms with Gasteiger partial charge in [0.25, 0.3) is 0 Å². The fourth-order valence-corrected chi connectivity index (χ4v) is 0.953. The minimum atomic E-state index is -1.86. The van der Waals surface area contributed by atoms with Crippen molar-refractivity contribution in [1.82, 2.24) is 0 Å². The topological polar surface area (TPSA) is 292 Å². The van der Waals surface area contributed by atoms with Crippen LogP contribution in [0.4, 0.5) is 0 Å². The van der Waals surface area contributed by atoms with Crippen molar-refractivity contribution in [3.05, 3.63) is 0 Å². The Morgan fingerprint density at radius 1 is 0.344 bits per heavy atom. The van der Waals surface area contributed by atoms with E-state index in [1.54, 1.807) is 0 Å². The van der Waals surface area contributed by atoms with E-state index >= 15 is 0 Å². The van der Waals surface area contributed by atoms with Gasteiger partial charge in [-0.1, -0.05) is 0 Å². The molecule has 0 fully saturated rings. The van der Waals surface area contributed by atoms with Crippen molar-refractivity contribution < 1.29 is 108 Å². The van der Waals surface area contributed by atoms with Crippen LogP contribution in [0.3, 0.4) is 0 Å². The van der Waals surface area contributed by atoms with Crippen LogP contribution in [0.1, 0.15) is 38.5 Å². The first kappa shape index (κ1) is 39.4. The summed E-state index contributed by atoms with van der Waals surface area (Å²) in [6, 6.07) is 0. The predicted molar refractivity (Wildman–Crippen MR) is 72.8 cm³/mol. The number of Topliss-reactive ketones (excluding diaryl/α,β-unsaturated/α-hetero) is 3. The van der Waals surface area contributed by atoms with Gasteiger partial charge < -0.3 is 59.4 Å². The molecule has 0 saturated heterocycles. The molecule has 0 rings (SSSR count). The van der Waals surface area contributed by atoms with Crippen molar-refractivity contribution in [3.63, 3.8) is 0 Å². The van der Waals surface area contributed by atoms with Gasteiger partial charge in [-0.3, -0.25) is 14.4 Å². The Hall–Kier alpha value is -3.13. The van der Waals surface area contributed by atoms with Crippen molar-refractivity contribution in [3.8, 4) is 0 Å². The van der Waals surface area contributed by atoms with Gasteiger partial charge in [0.15, 0.2) is 17.3 Å². The van der Waals surface area contributed by atoms with E-state index in [1.807, 2.05) is 0 Å². The van der Waals surface area contributed by atoms with Gasteiger partial charge in [-0.2, -0.15) is 0 Å². The average Bonchev–Trinajstić information content (AvgIpc) is 2.62. The molecule has 0 N–H and O–H groups in total. The van der Waals surface area contributed by atoms with E-state index in [-0.39, 0.29) is 34.1 Å². The Balaban J connectivity index is -0.000000110. The Bertz CT molecular complexity index is 619. The van der Waals surface area contributed by atoms with Crippen LogP contribution in [0.2, 0.25) is 0 Å². The second-order valence-corrected chi connectivity index (χ2v) is 4.75. The molecule has 0 aromatic heterocycles. The second kappa shape index (κ2) is 22.6. The minimum Gasteiger partial charge on any atom is -0.550 e. The number of aliphatic carboxylic acids is 6. The van der Waals surface area contributed by atoms with E-state index in [0.717, 1.165) is 0 Å². The standard InChI is InChI=1S/3C5H6O5.2Fe/c3*6-3(5(9)10)1-2-4(7)8;;/h3*1-2H2,(H,7,8)(H,9,10);;/q;;;2*+3/p-6. The molecule has 15 nitrogen and oxygen atoms in total. The summed E-state index contributed by atoms with van der Waals surface area (Å²) in [6.45, 7) is 0. The zero-order valence-corrected chi connectivity index (χ0v) is 17.8. The maximum absolute atomic E-state index is 10.1. The number of rotatable bonds is 12. The normalized spacial score (nSPS) is 8.25. The quantitative estimate of drug-likeness (QED) is 0.163. The summed E-state index contributed by atoms with van der Waals surface area (Å²) in [7, 11) is 0. The summed E-state index contributed by atoms with van der Waals surface area (Å²) in [5.41, 5.74) is 0.